The molecule has 0 amide bonds. The molecule has 0 spiro atoms. The summed E-state index contributed by atoms with van der Waals surface area (Å²) in [6.45, 7) is 1.92. The highest BCUT2D eigenvalue weighted by molar-refractivity contribution is 5.91. The zero-order valence-electron chi connectivity index (χ0n) is 11.3. The van der Waals surface area contributed by atoms with E-state index in [4.69, 9.17) is 9.15 Å². The number of phenolic OH excluding ortho intramolecular Hbond substituents is 2. The van der Waals surface area contributed by atoms with E-state index >= 15 is 0 Å². The molecule has 0 saturated carbocycles. The van der Waals surface area contributed by atoms with Gasteiger partial charge in [-0.2, -0.15) is 0 Å². The predicted octanol–water partition coefficient (Wildman–Crippen LogP) is 2.72. The average molecular weight is 276 g/mol. The van der Waals surface area contributed by atoms with Crippen molar-refractivity contribution in [3.05, 3.63) is 40.5 Å². The van der Waals surface area contributed by atoms with Crippen molar-refractivity contribution in [2.75, 3.05) is 7.11 Å². The van der Waals surface area contributed by atoms with Gasteiger partial charge in [-0.1, -0.05) is 12.2 Å². The maximum absolute atomic E-state index is 11.9. The fourth-order valence-electron chi connectivity index (χ4n) is 2.03. The molecule has 1 aromatic carbocycles. The summed E-state index contributed by atoms with van der Waals surface area (Å²) in [5, 5.41) is 20.0. The first-order valence-corrected chi connectivity index (χ1v) is 6.25. The lowest BCUT2D eigenvalue weighted by atomic mass is 10.1. The Bertz CT molecular complexity index is 712. The molecule has 0 unspecified atom stereocenters. The van der Waals surface area contributed by atoms with Crippen molar-refractivity contribution < 1.29 is 19.4 Å². The monoisotopic (exact) mass is 276 g/mol. The number of hydrogen-bond acceptors (Lipinski definition) is 5. The van der Waals surface area contributed by atoms with Gasteiger partial charge in [0.05, 0.1) is 7.11 Å². The number of rotatable bonds is 4. The van der Waals surface area contributed by atoms with Crippen molar-refractivity contribution >= 4 is 10.8 Å². The van der Waals surface area contributed by atoms with E-state index in [-0.39, 0.29) is 11.1 Å². The summed E-state index contributed by atoms with van der Waals surface area (Å²) in [5.74, 6) is -0.352. The van der Waals surface area contributed by atoms with E-state index in [1.807, 2.05) is 19.1 Å². The van der Waals surface area contributed by atoms with Crippen LogP contribution in [0.5, 0.6) is 17.2 Å². The number of allylic oxidation sites excluding steroid dienone is 2. The largest absolute Gasteiger partial charge is 0.504 e. The maximum Gasteiger partial charge on any atom is 0.347 e. The molecule has 0 saturated heterocycles. The van der Waals surface area contributed by atoms with Crippen molar-refractivity contribution in [2.24, 2.45) is 0 Å². The lowest BCUT2D eigenvalue weighted by Gasteiger charge is -2.08. The SMILES string of the molecule is C/C=C/CCc1cc2cc(OC)c(O)c(O)c2c(=O)o1. The molecular formula is C15H16O5. The molecule has 2 N–H and O–H groups in total. The Morgan fingerprint density at radius 1 is 1.30 bits per heavy atom. The number of methoxy groups -OCH3 is 1. The third-order valence-corrected chi connectivity index (χ3v) is 3.03. The van der Waals surface area contributed by atoms with Crippen LogP contribution in [-0.4, -0.2) is 17.3 Å². The Kier molecular flexibility index (Phi) is 3.98. The highest BCUT2D eigenvalue weighted by Gasteiger charge is 2.17. The molecule has 1 aromatic heterocycles. The Morgan fingerprint density at radius 3 is 2.70 bits per heavy atom. The fraction of sp³-hybridized carbons (Fsp3) is 0.267. The van der Waals surface area contributed by atoms with Crippen molar-refractivity contribution in [1.82, 2.24) is 0 Å². The van der Waals surface area contributed by atoms with Crippen LogP contribution < -0.4 is 10.4 Å². The van der Waals surface area contributed by atoms with Crippen LogP contribution >= 0.6 is 0 Å². The molecule has 0 atom stereocenters. The number of aryl methyl sites for hydroxylation is 1. The third kappa shape index (κ3) is 2.47. The summed E-state index contributed by atoms with van der Waals surface area (Å²) in [6, 6.07) is 3.17. The molecular weight excluding hydrogens is 260 g/mol. The van der Waals surface area contributed by atoms with Crippen LogP contribution in [0.15, 0.2) is 33.5 Å². The van der Waals surface area contributed by atoms with Gasteiger partial charge in [0.15, 0.2) is 11.5 Å². The third-order valence-electron chi connectivity index (χ3n) is 3.03. The van der Waals surface area contributed by atoms with Crippen LogP contribution in [0.25, 0.3) is 10.8 Å². The van der Waals surface area contributed by atoms with Crippen molar-refractivity contribution in [1.29, 1.82) is 0 Å². The second-order valence-electron chi connectivity index (χ2n) is 4.35. The summed E-state index contributed by atoms with van der Waals surface area (Å²) >= 11 is 0. The van der Waals surface area contributed by atoms with E-state index < -0.39 is 17.1 Å². The van der Waals surface area contributed by atoms with Crippen LogP contribution in [0.3, 0.4) is 0 Å². The lowest BCUT2D eigenvalue weighted by molar-refractivity contribution is 0.352. The van der Waals surface area contributed by atoms with Crippen molar-refractivity contribution in [2.45, 2.75) is 19.8 Å². The zero-order chi connectivity index (χ0) is 14.7. The summed E-state index contributed by atoms with van der Waals surface area (Å²) in [4.78, 5) is 11.9. The smallest absolute Gasteiger partial charge is 0.347 e. The number of benzene rings is 1. The molecule has 0 aliphatic heterocycles. The topological polar surface area (TPSA) is 79.9 Å². The van der Waals surface area contributed by atoms with Gasteiger partial charge < -0.3 is 19.4 Å². The lowest BCUT2D eigenvalue weighted by Crippen LogP contribution is -2.03. The minimum atomic E-state index is -0.673. The molecule has 1 heterocycles. The Labute approximate surface area is 115 Å². The first kappa shape index (κ1) is 14.0. The Balaban J connectivity index is 2.59. The van der Waals surface area contributed by atoms with E-state index in [1.54, 1.807) is 6.07 Å². The number of aromatic hydroxyl groups is 2. The fourth-order valence-corrected chi connectivity index (χ4v) is 2.03. The van der Waals surface area contributed by atoms with Crippen LogP contribution in [0.1, 0.15) is 19.1 Å². The summed E-state index contributed by atoms with van der Waals surface area (Å²) in [7, 11) is 1.37. The van der Waals surface area contributed by atoms with Gasteiger partial charge in [0.25, 0.3) is 0 Å². The van der Waals surface area contributed by atoms with Crippen LogP contribution in [0.2, 0.25) is 0 Å². The quantitative estimate of drug-likeness (QED) is 0.663. The highest BCUT2D eigenvalue weighted by atomic mass is 16.5. The van der Waals surface area contributed by atoms with E-state index in [0.29, 0.717) is 17.6 Å². The van der Waals surface area contributed by atoms with Gasteiger partial charge >= 0.3 is 5.63 Å². The van der Waals surface area contributed by atoms with Gasteiger partial charge in [-0.15, -0.1) is 0 Å². The van der Waals surface area contributed by atoms with Gasteiger partial charge in [0, 0.05) is 11.8 Å². The molecule has 2 rings (SSSR count). The average Bonchev–Trinajstić information content (AvgIpc) is 2.42. The minimum Gasteiger partial charge on any atom is -0.504 e. The molecule has 2 aromatic rings. The Hall–Kier alpha value is -2.43. The van der Waals surface area contributed by atoms with Crippen LogP contribution in [-0.2, 0) is 6.42 Å². The first-order valence-electron chi connectivity index (χ1n) is 6.25. The van der Waals surface area contributed by atoms with E-state index in [2.05, 4.69) is 0 Å². The maximum atomic E-state index is 11.9. The second-order valence-corrected chi connectivity index (χ2v) is 4.35. The first-order chi connectivity index (χ1) is 9.58. The normalized spacial score (nSPS) is 11.3. The molecule has 5 heteroatoms. The summed E-state index contributed by atoms with van der Waals surface area (Å²) in [5.41, 5.74) is -0.673. The van der Waals surface area contributed by atoms with Gasteiger partial charge in [0.1, 0.15) is 11.1 Å². The van der Waals surface area contributed by atoms with Crippen molar-refractivity contribution in [3.8, 4) is 17.2 Å². The molecule has 20 heavy (non-hydrogen) atoms. The molecule has 0 aliphatic carbocycles. The molecule has 0 bridgehead atoms. The van der Waals surface area contributed by atoms with Crippen LogP contribution in [0, 0.1) is 0 Å². The molecule has 5 nitrogen and oxygen atoms in total. The van der Waals surface area contributed by atoms with Crippen molar-refractivity contribution in [3.63, 3.8) is 0 Å². The standard InChI is InChI=1S/C15H16O5/c1-3-4-5-6-10-7-9-8-11(19-2)13(16)14(17)12(9)15(18)20-10/h3-4,7-8,16-17H,5-6H2,1-2H3/b4-3+. The molecule has 0 radical (unpaired) electrons. The summed E-state index contributed by atoms with van der Waals surface area (Å²) < 4.78 is 10.1. The minimum absolute atomic E-state index is 0.0434. The molecule has 106 valence electrons. The van der Waals surface area contributed by atoms with Crippen LogP contribution in [0.4, 0.5) is 0 Å². The number of fused-ring (bicyclic) bond motifs is 1. The van der Waals surface area contributed by atoms with Gasteiger partial charge in [-0.05, 0) is 25.5 Å². The highest BCUT2D eigenvalue weighted by Crippen LogP contribution is 2.40. The van der Waals surface area contributed by atoms with E-state index in [1.165, 1.54) is 13.2 Å². The summed E-state index contributed by atoms with van der Waals surface area (Å²) in [6.07, 6.45) is 5.23. The van der Waals surface area contributed by atoms with Gasteiger partial charge in [-0.3, -0.25) is 0 Å². The van der Waals surface area contributed by atoms with Gasteiger partial charge in [-0.25, -0.2) is 4.79 Å². The predicted molar refractivity (Wildman–Crippen MR) is 75.5 cm³/mol. The number of ether oxygens (including phenoxy) is 1. The number of phenols is 2. The number of hydrogen-bond donors (Lipinski definition) is 2. The Morgan fingerprint density at radius 2 is 2.05 bits per heavy atom. The van der Waals surface area contributed by atoms with Gasteiger partial charge in [0.2, 0.25) is 5.75 Å². The van der Waals surface area contributed by atoms with E-state index in [9.17, 15) is 15.0 Å². The molecule has 0 aliphatic rings. The second kappa shape index (κ2) is 5.69. The zero-order valence-corrected chi connectivity index (χ0v) is 11.3. The molecule has 0 fully saturated rings. The van der Waals surface area contributed by atoms with E-state index in [0.717, 1.165) is 6.42 Å².